The zero-order valence-corrected chi connectivity index (χ0v) is 17.5. The Morgan fingerprint density at radius 2 is 1.93 bits per heavy atom. The van der Waals surface area contributed by atoms with Gasteiger partial charge in [0.25, 0.3) is 0 Å². The van der Waals surface area contributed by atoms with Crippen molar-refractivity contribution >= 4 is 39.2 Å². The first-order valence-electron chi connectivity index (χ1n) is 10.7. The molecule has 5 heterocycles. The van der Waals surface area contributed by atoms with Crippen LogP contribution in [0.25, 0.3) is 10.2 Å². The van der Waals surface area contributed by atoms with E-state index in [0.29, 0.717) is 6.42 Å². The number of aromatic nitrogens is 2. The molecule has 5 rings (SSSR count). The predicted octanol–water partition coefficient (Wildman–Crippen LogP) is 2.67. The summed E-state index contributed by atoms with van der Waals surface area (Å²) in [5, 5.41) is 2.06. The van der Waals surface area contributed by atoms with Crippen LogP contribution < -0.4 is 4.90 Å². The smallest absolute Gasteiger partial charge is 0.242 e. The third-order valence-corrected chi connectivity index (χ3v) is 7.77. The summed E-state index contributed by atoms with van der Waals surface area (Å²) in [6, 6.07) is 2.03. The molecule has 7 nitrogen and oxygen atoms in total. The number of hydrogen-bond donors (Lipinski definition) is 0. The number of fused-ring (bicyclic) bond motifs is 1. The zero-order valence-electron chi connectivity index (χ0n) is 16.7. The molecule has 3 aliphatic heterocycles. The van der Waals surface area contributed by atoms with Gasteiger partial charge in [0.15, 0.2) is 0 Å². The second-order valence-corrected chi connectivity index (χ2v) is 9.38. The fraction of sp³-hybridized carbons (Fsp3) is 0.619. The van der Waals surface area contributed by atoms with Crippen LogP contribution in [0.4, 0.5) is 5.82 Å². The molecule has 2 aromatic rings. The summed E-state index contributed by atoms with van der Waals surface area (Å²) in [6.45, 7) is 3.71. The maximum absolute atomic E-state index is 12.8. The number of nitrogens with zero attached hydrogens (tertiary/aromatic N) is 5. The van der Waals surface area contributed by atoms with Gasteiger partial charge in [-0.15, -0.1) is 11.3 Å². The second-order valence-electron chi connectivity index (χ2n) is 8.46. The Morgan fingerprint density at radius 3 is 2.79 bits per heavy atom. The van der Waals surface area contributed by atoms with Gasteiger partial charge in [-0.2, -0.15) is 0 Å². The summed E-state index contributed by atoms with van der Waals surface area (Å²) in [5.74, 6) is 1.27. The Morgan fingerprint density at radius 1 is 1.07 bits per heavy atom. The van der Waals surface area contributed by atoms with Gasteiger partial charge in [-0.05, 0) is 50.0 Å². The molecule has 2 amide bonds. The molecule has 0 bridgehead atoms. The van der Waals surface area contributed by atoms with Gasteiger partial charge < -0.3 is 14.7 Å². The average molecular weight is 414 g/mol. The highest BCUT2D eigenvalue weighted by Gasteiger charge is 2.46. The van der Waals surface area contributed by atoms with Crippen LogP contribution in [0.5, 0.6) is 0 Å². The highest BCUT2D eigenvalue weighted by atomic mass is 32.1. The Bertz CT molecular complexity index is 925. The third kappa shape index (κ3) is 3.37. The van der Waals surface area contributed by atoms with Crippen molar-refractivity contribution in [3.63, 3.8) is 0 Å². The van der Waals surface area contributed by atoms with Crippen LogP contribution in [0.3, 0.4) is 0 Å². The van der Waals surface area contributed by atoms with Gasteiger partial charge in [0, 0.05) is 38.1 Å². The molecule has 154 valence electrons. The number of carbonyl (C=O) groups excluding carboxylic acids is 2. The van der Waals surface area contributed by atoms with Gasteiger partial charge in [-0.1, -0.05) is 0 Å². The highest BCUT2D eigenvalue weighted by Crippen LogP contribution is 2.40. The average Bonchev–Trinajstić information content (AvgIpc) is 3.44. The SMILES string of the molecule is O=C(CN1C(=O)CCC12CCCN(c1ncnc3ccsc13)CC2)N1CCCC1. The number of amides is 2. The number of thiophene rings is 1. The molecular weight excluding hydrogens is 386 g/mol. The molecule has 0 aromatic carbocycles. The second kappa shape index (κ2) is 7.55. The lowest BCUT2D eigenvalue weighted by Crippen LogP contribution is -2.51. The fourth-order valence-corrected chi connectivity index (χ4v) is 6.11. The maximum atomic E-state index is 12.8. The van der Waals surface area contributed by atoms with Crippen LogP contribution in [0.15, 0.2) is 17.8 Å². The minimum atomic E-state index is -0.178. The largest absolute Gasteiger partial charge is 0.355 e. The van der Waals surface area contributed by atoms with Crippen molar-refractivity contribution in [3.8, 4) is 0 Å². The van der Waals surface area contributed by atoms with E-state index in [1.807, 2.05) is 15.9 Å². The molecule has 0 radical (unpaired) electrons. The van der Waals surface area contributed by atoms with Crippen LogP contribution in [0.2, 0.25) is 0 Å². The van der Waals surface area contributed by atoms with Crippen molar-refractivity contribution < 1.29 is 9.59 Å². The minimum Gasteiger partial charge on any atom is -0.355 e. The molecule has 3 saturated heterocycles. The summed E-state index contributed by atoms with van der Waals surface area (Å²) in [5.41, 5.74) is 0.816. The van der Waals surface area contributed by atoms with Crippen LogP contribution in [0, 0.1) is 0 Å². The Kier molecular flexibility index (Phi) is 4.89. The predicted molar refractivity (Wildman–Crippen MR) is 113 cm³/mol. The molecule has 3 aliphatic rings. The monoisotopic (exact) mass is 413 g/mol. The number of hydrogen-bond acceptors (Lipinski definition) is 6. The molecule has 0 aliphatic carbocycles. The molecule has 29 heavy (non-hydrogen) atoms. The number of carbonyl (C=O) groups is 2. The molecule has 2 aromatic heterocycles. The third-order valence-electron chi connectivity index (χ3n) is 6.87. The lowest BCUT2D eigenvalue weighted by Gasteiger charge is -2.38. The highest BCUT2D eigenvalue weighted by molar-refractivity contribution is 7.17. The molecule has 8 heteroatoms. The van der Waals surface area contributed by atoms with Gasteiger partial charge in [-0.25, -0.2) is 9.97 Å². The van der Waals surface area contributed by atoms with Crippen molar-refractivity contribution in [2.45, 2.75) is 50.5 Å². The van der Waals surface area contributed by atoms with Crippen molar-refractivity contribution in [2.75, 3.05) is 37.6 Å². The Balaban J connectivity index is 1.34. The van der Waals surface area contributed by atoms with E-state index in [0.717, 1.165) is 80.7 Å². The van der Waals surface area contributed by atoms with E-state index >= 15 is 0 Å². The van der Waals surface area contributed by atoms with E-state index in [1.165, 1.54) is 0 Å². The van der Waals surface area contributed by atoms with E-state index in [2.05, 4.69) is 20.2 Å². The van der Waals surface area contributed by atoms with Crippen molar-refractivity contribution in [2.24, 2.45) is 0 Å². The van der Waals surface area contributed by atoms with E-state index in [9.17, 15) is 9.59 Å². The summed E-state index contributed by atoms with van der Waals surface area (Å²) in [7, 11) is 0. The van der Waals surface area contributed by atoms with Crippen LogP contribution >= 0.6 is 11.3 Å². The van der Waals surface area contributed by atoms with Gasteiger partial charge >= 0.3 is 0 Å². The van der Waals surface area contributed by atoms with Crippen LogP contribution in [0.1, 0.15) is 44.9 Å². The summed E-state index contributed by atoms with van der Waals surface area (Å²) in [4.78, 5) is 40.6. The van der Waals surface area contributed by atoms with Crippen molar-refractivity contribution in [3.05, 3.63) is 17.8 Å². The number of anilines is 1. The summed E-state index contributed by atoms with van der Waals surface area (Å²) >= 11 is 1.68. The normalized spacial score (nSPS) is 25.4. The zero-order chi connectivity index (χ0) is 19.8. The fourth-order valence-electron chi connectivity index (χ4n) is 5.24. The molecule has 0 saturated carbocycles. The molecule has 1 atom stereocenters. The van der Waals surface area contributed by atoms with Gasteiger partial charge in [0.1, 0.15) is 18.7 Å². The van der Waals surface area contributed by atoms with Crippen LogP contribution in [-0.2, 0) is 9.59 Å². The standard InChI is InChI=1S/C21H27N5O2S/c27-17-4-7-21(26(17)14-18(28)24-9-1-2-10-24)6-3-11-25(12-8-21)20-19-16(5-13-29-19)22-15-23-20/h5,13,15H,1-4,6-12,14H2. The quantitative estimate of drug-likeness (QED) is 0.774. The Hall–Kier alpha value is -2.22. The lowest BCUT2D eigenvalue weighted by molar-refractivity contribution is -0.141. The minimum absolute atomic E-state index is 0.120. The molecule has 1 spiro atoms. The Labute approximate surface area is 174 Å². The maximum Gasteiger partial charge on any atom is 0.242 e. The molecule has 1 unspecified atom stereocenters. The van der Waals surface area contributed by atoms with E-state index in [-0.39, 0.29) is 23.9 Å². The topological polar surface area (TPSA) is 69.6 Å². The lowest BCUT2D eigenvalue weighted by atomic mass is 9.87. The van der Waals surface area contributed by atoms with Crippen molar-refractivity contribution in [1.29, 1.82) is 0 Å². The van der Waals surface area contributed by atoms with Crippen LogP contribution in [-0.4, -0.2) is 69.8 Å². The van der Waals surface area contributed by atoms with Gasteiger partial charge in [0.2, 0.25) is 11.8 Å². The summed E-state index contributed by atoms with van der Waals surface area (Å²) < 4.78 is 1.13. The van der Waals surface area contributed by atoms with Gasteiger partial charge in [-0.3, -0.25) is 9.59 Å². The van der Waals surface area contributed by atoms with E-state index in [1.54, 1.807) is 17.7 Å². The summed E-state index contributed by atoms with van der Waals surface area (Å²) in [6.07, 6.45) is 8.08. The molecule has 0 N–H and O–H groups in total. The van der Waals surface area contributed by atoms with Gasteiger partial charge in [0.05, 0.1) is 10.2 Å². The first-order valence-corrected chi connectivity index (χ1v) is 11.6. The van der Waals surface area contributed by atoms with E-state index in [4.69, 9.17) is 0 Å². The number of likely N-dealkylation sites (tertiary alicyclic amines) is 2. The first-order chi connectivity index (χ1) is 14.2. The van der Waals surface area contributed by atoms with Crippen molar-refractivity contribution in [1.82, 2.24) is 19.8 Å². The van der Waals surface area contributed by atoms with E-state index < -0.39 is 0 Å². The first kappa shape index (κ1) is 18.8. The molecular formula is C21H27N5O2S. The molecule has 3 fully saturated rings. The number of rotatable bonds is 3.